The molecule has 0 aromatic carbocycles. The highest BCUT2D eigenvalue weighted by Crippen LogP contribution is 2.28. The smallest absolute Gasteiger partial charge is 0.234 e. The van der Waals surface area contributed by atoms with Crippen LogP contribution in [0.4, 0.5) is 0 Å². The minimum atomic E-state index is -0.480. The molecule has 18 heavy (non-hydrogen) atoms. The average molecular weight is 256 g/mol. The first kappa shape index (κ1) is 13.5. The van der Waals surface area contributed by atoms with Crippen molar-refractivity contribution in [2.24, 2.45) is 5.92 Å². The molecule has 1 aliphatic heterocycles. The maximum absolute atomic E-state index is 9.90. The number of aromatic nitrogens is 2. The zero-order valence-corrected chi connectivity index (χ0v) is 11.0. The van der Waals surface area contributed by atoms with Gasteiger partial charge in [-0.2, -0.15) is 4.98 Å². The SMILES string of the molecule is COC(c1noc(C2COCCC2O)n1)C(C)C. The molecule has 0 radical (unpaired) electrons. The Labute approximate surface area is 106 Å². The van der Waals surface area contributed by atoms with Gasteiger partial charge in [-0.05, 0) is 12.3 Å². The van der Waals surface area contributed by atoms with Crippen LogP contribution in [0.3, 0.4) is 0 Å². The summed E-state index contributed by atoms with van der Waals surface area (Å²) in [4.78, 5) is 4.33. The number of hydrogen-bond donors (Lipinski definition) is 1. The second-order valence-electron chi connectivity index (χ2n) is 4.93. The van der Waals surface area contributed by atoms with Crippen molar-refractivity contribution in [3.05, 3.63) is 11.7 Å². The number of ether oxygens (including phenoxy) is 2. The van der Waals surface area contributed by atoms with Gasteiger partial charge in [0.1, 0.15) is 6.10 Å². The molecule has 2 heterocycles. The fourth-order valence-corrected chi connectivity index (χ4v) is 2.15. The topological polar surface area (TPSA) is 77.6 Å². The summed E-state index contributed by atoms with van der Waals surface area (Å²) in [6.45, 7) is 5.05. The van der Waals surface area contributed by atoms with Gasteiger partial charge in [0, 0.05) is 13.7 Å². The van der Waals surface area contributed by atoms with Gasteiger partial charge in [-0.25, -0.2) is 0 Å². The average Bonchev–Trinajstić information content (AvgIpc) is 2.79. The molecule has 1 aromatic rings. The molecule has 2 rings (SSSR count). The maximum atomic E-state index is 9.90. The second-order valence-corrected chi connectivity index (χ2v) is 4.93. The van der Waals surface area contributed by atoms with Crippen LogP contribution in [0.1, 0.15) is 44.0 Å². The summed E-state index contributed by atoms with van der Waals surface area (Å²) in [7, 11) is 1.62. The van der Waals surface area contributed by atoms with Crippen LogP contribution in [0.5, 0.6) is 0 Å². The van der Waals surface area contributed by atoms with Gasteiger partial charge in [0.25, 0.3) is 0 Å². The van der Waals surface area contributed by atoms with Gasteiger partial charge in [0.05, 0.1) is 18.6 Å². The highest BCUT2D eigenvalue weighted by Gasteiger charge is 2.31. The predicted molar refractivity (Wildman–Crippen MR) is 63.1 cm³/mol. The van der Waals surface area contributed by atoms with Crippen LogP contribution < -0.4 is 0 Å². The number of methoxy groups -OCH3 is 1. The lowest BCUT2D eigenvalue weighted by atomic mass is 9.99. The van der Waals surface area contributed by atoms with Gasteiger partial charge in [-0.1, -0.05) is 19.0 Å². The second kappa shape index (κ2) is 5.77. The number of hydrogen-bond acceptors (Lipinski definition) is 6. The van der Waals surface area contributed by atoms with E-state index >= 15 is 0 Å². The zero-order valence-electron chi connectivity index (χ0n) is 11.0. The van der Waals surface area contributed by atoms with Crippen LogP contribution in [0.2, 0.25) is 0 Å². The van der Waals surface area contributed by atoms with Crippen LogP contribution in [-0.2, 0) is 9.47 Å². The minimum absolute atomic E-state index is 0.191. The van der Waals surface area contributed by atoms with Crippen LogP contribution in [0, 0.1) is 5.92 Å². The Morgan fingerprint density at radius 1 is 1.44 bits per heavy atom. The lowest BCUT2D eigenvalue weighted by Gasteiger charge is -2.24. The molecule has 6 nitrogen and oxygen atoms in total. The molecule has 0 aliphatic carbocycles. The summed E-state index contributed by atoms with van der Waals surface area (Å²) < 4.78 is 15.9. The zero-order chi connectivity index (χ0) is 13.1. The molecule has 0 amide bonds. The molecule has 1 N–H and O–H groups in total. The van der Waals surface area contributed by atoms with E-state index in [0.717, 1.165) is 0 Å². The molecule has 0 bridgehead atoms. The number of aliphatic hydroxyl groups excluding tert-OH is 1. The van der Waals surface area contributed by atoms with Crippen molar-refractivity contribution in [3.63, 3.8) is 0 Å². The van der Waals surface area contributed by atoms with Crippen molar-refractivity contribution in [2.45, 2.75) is 38.4 Å². The highest BCUT2D eigenvalue weighted by molar-refractivity contribution is 5.01. The van der Waals surface area contributed by atoms with E-state index in [1.807, 2.05) is 13.8 Å². The third kappa shape index (κ3) is 2.71. The molecular weight excluding hydrogens is 236 g/mol. The van der Waals surface area contributed by atoms with Crippen LogP contribution in [0.25, 0.3) is 0 Å². The Hall–Kier alpha value is -0.980. The molecule has 3 unspecified atom stereocenters. The van der Waals surface area contributed by atoms with Crippen molar-refractivity contribution < 1.29 is 19.1 Å². The molecule has 1 aromatic heterocycles. The predicted octanol–water partition coefficient (Wildman–Crippen LogP) is 1.28. The summed E-state index contributed by atoms with van der Waals surface area (Å²) in [6.07, 6.45) is -0.0727. The summed E-state index contributed by atoms with van der Waals surface area (Å²) >= 11 is 0. The van der Waals surface area contributed by atoms with Gasteiger partial charge in [-0.15, -0.1) is 0 Å². The number of aliphatic hydroxyl groups is 1. The third-order valence-corrected chi connectivity index (χ3v) is 3.21. The van der Waals surface area contributed by atoms with Gasteiger partial charge >= 0.3 is 0 Å². The van der Waals surface area contributed by atoms with E-state index in [2.05, 4.69) is 10.1 Å². The first-order chi connectivity index (χ1) is 8.63. The van der Waals surface area contributed by atoms with E-state index in [1.54, 1.807) is 7.11 Å². The van der Waals surface area contributed by atoms with Crippen molar-refractivity contribution in [3.8, 4) is 0 Å². The first-order valence-electron chi connectivity index (χ1n) is 6.25. The van der Waals surface area contributed by atoms with Crippen molar-refractivity contribution >= 4 is 0 Å². The quantitative estimate of drug-likeness (QED) is 0.874. The van der Waals surface area contributed by atoms with Crippen LogP contribution in [-0.4, -0.2) is 41.7 Å². The van der Waals surface area contributed by atoms with Crippen molar-refractivity contribution in [2.75, 3.05) is 20.3 Å². The van der Waals surface area contributed by atoms with Crippen molar-refractivity contribution in [1.29, 1.82) is 0 Å². The minimum Gasteiger partial charge on any atom is -0.392 e. The Morgan fingerprint density at radius 3 is 2.83 bits per heavy atom. The fraction of sp³-hybridized carbons (Fsp3) is 0.833. The summed E-state index contributed by atoms with van der Waals surface area (Å²) in [5.74, 6) is 0.984. The monoisotopic (exact) mass is 256 g/mol. The van der Waals surface area contributed by atoms with Gasteiger partial charge in [-0.3, -0.25) is 0 Å². The number of rotatable bonds is 4. The van der Waals surface area contributed by atoms with Gasteiger partial charge < -0.3 is 19.1 Å². The fourth-order valence-electron chi connectivity index (χ4n) is 2.15. The summed E-state index contributed by atoms with van der Waals surface area (Å²) in [5.41, 5.74) is 0. The first-order valence-corrected chi connectivity index (χ1v) is 6.25. The molecule has 1 saturated heterocycles. The van der Waals surface area contributed by atoms with Crippen molar-refractivity contribution in [1.82, 2.24) is 10.1 Å². The van der Waals surface area contributed by atoms with E-state index in [1.165, 1.54) is 0 Å². The summed E-state index contributed by atoms with van der Waals surface area (Å²) in [6, 6.07) is 0. The molecule has 1 fully saturated rings. The molecule has 0 spiro atoms. The molecule has 6 heteroatoms. The van der Waals surface area contributed by atoms with E-state index in [4.69, 9.17) is 14.0 Å². The van der Waals surface area contributed by atoms with E-state index < -0.39 is 6.10 Å². The standard InChI is InChI=1S/C12H20N2O4/c1-7(2)10(16-3)11-13-12(18-14-11)8-6-17-5-4-9(8)15/h7-10,15H,4-6H2,1-3H3. The molecule has 3 atom stereocenters. The van der Waals surface area contributed by atoms with Crippen LogP contribution >= 0.6 is 0 Å². The lowest BCUT2D eigenvalue weighted by Crippen LogP contribution is -2.30. The largest absolute Gasteiger partial charge is 0.392 e. The van der Waals surface area contributed by atoms with E-state index in [9.17, 15) is 5.11 Å². The number of nitrogens with zero attached hydrogens (tertiary/aromatic N) is 2. The lowest BCUT2D eigenvalue weighted by molar-refractivity contribution is -0.0149. The molecule has 1 aliphatic rings. The van der Waals surface area contributed by atoms with Crippen LogP contribution in [0.15, 0.2) is 4.52 Å². The normalized spacial score (nSPS) is 26.5. The Kier molecular flexibility index (Phi) is 4.31. The molecule has 102 valence electrons. The Balaban J connectivity index is 2.14. The maximum Gasteiger partial charge on any atom is 0.234 e. The van der Waals surface area contributed by atoms with Gasteiger partial charge in [0.15, 0.2) is 0 Å². The van der Waals surface area contributed by atoms with Gasteiger partial charge in [0.2, 0.25) is 11.7 Å². The van der Waals surface area contributed by atoms with E-state index in [-0.39, 0.29) is 17.9 Å². The summed E-state index contributed by atoms with van der Waals surface area (Å²) in [5, 5.41) is 13.8. The highest BCUT2D eigenvalue weighted by atomic mass is 16.5. The van der Waals surface area contributed by atoms with E-state index in [0.29, 0.717) is 31.3 Å². The Bertz CT molecular complexity index is 380. The molecule has 0 saturated carbocycles. The Morgan fingerprint density at radius 2 is 2.22 bits per heavy atom. The molecular formula is C12H20N2O4. The third-order valence-electron chi connectivity index (χ3n) is 3.21.